The molecule has 0 aromatic carbocycles. The van der Waals surface area contributed by atoms with Gasteiger partial charge in [0, 0.05) is 11.6 Å². The monoisotopic (exact) mass is 248 g/mol. The minimum Gasteiger partial charge on any atom is -0.375 e. The van der Waals surface area contributed by atoms with Gasteiger partial charge in [-0.2, -0.15) is 0 Å². The van der Waals surface area contributed by atoms with Gasteiger partial charge in [0.05, 0.1) is 16.3 Å². The lowest BCUT2D eigenvalue weighted by atomic mass is 9.95. The molecule has 17 heavy (non-hydrogen) atoms. The van der Waals surface area contributed by atoms with Gasteiger partial charge in [0.25, 0.3) is 0 Å². The third kappa shape index (κ3) is 2.44. The summed E-state index contributed by atoms with van der Waals surface area (Å²) in [7, 11) is 0. The molecule has 0 spiro atoms. The van der Waals surface area contributed by atoms with Crippen LogP contribution in [0.15, 0.2) is 12.3 Å². The number of aryl methyl sites for hydroxylation is 1. The Morgan fingerprint density at radius 1 is 1.24 bits per heavy atom. The highest BCUT2D eigenvalue weighted by atomic mass is 32.1. The molecule has 0 aliphatic heterocycles. The zero-order valence-corrected chi connectivity index (χ0v) is 11.3. The van der Waals surface area contributed by atoms with Gasteiger partial charge < -0.3 is 5.73 Å². The van der Waals surface area contributed by atoms with Gasteiger partial charge in [0.15, 0.2) is 5.13 Å². The standard InChI is InChI=1S/C12H16N4S/c1-7-9(17-11(13)15-7)8-5-6-14-10(16-8)12(2,3)4/h5-6H,1-4H3,(H2,13,15). The topological polar surface area (TPSA) is 64.7 Å². The lowest BCUT2D eigenvalue weighted by Gasteiger charge is -2.16. The van der Waals surface area contributed by atoms with Crippen LogP contribution in [0.1, 0.15) is 32.3 Å². The van der Waals surface area contributed by atoms with E-state index in [4.69, 9.17) is 5.73 Å². The number of hydrogen-bond acceptors (Lipinski definition) is 5. The average Bonchev–Trinajstić information content (AvgIpc) is 2.57. The van der Waals surface area contributed by atoms with Crippen LogP contribution in [0.25, 0.3) is 10.6 Å². The Morgan fingerprint density at radius 3 is 2.47 bits per heavy atom. The first kappa shape index (κ1) is 12.0. The van der Waals surface area contributed by atoms with E-state index in [1.54, 1.807) is 6.20 Å². The minimum absolute atomic E-state index is 0.0554. The molecule has 0 amide bonds. The molecule has 0 fully saturated rings. The van der Waals surface area contributed by atoms with Crippen molar-refractivity contribution in [3.05, 3.63) is 23.8 Å². The molecule has 0 aliphatic carbocycles. The molecular weight excluding hydrogens is 232 g/mol. The second-order valence-electron chi connectivity index (χ2n) is 4.98. The van der Waals surface area contributed by atoms with Crippen molar-refractivity contribution in [2.24, 2.45) is 0 Å². The maximum absolute atomic E-state index is 5.70. The zero-order chi connectivity index (χ0) is 12.6. The molecule has 2 N–H and O–H groups in total. The van der Waals surface area contributed by atoms with E-state index in [9.17, 15) is 0 Å². The van der Waals surface area contributed by atoms with Gasteiger partial charge in [-0.3, -0.25) is 0 Å². The van der Waals surface area contributed by atoms with Crippen LogP contribution < -0.4 is 5.73 Å². The summed E-state index contributed by atoms with van der Waals surface area (Å²) in [6.45, 7) is 8.24. The summed E-state index contributed by atoms with van der Waals surface area (Å²) in [4.78, 5) is 14.1. The van der Waals surface area contributed by atoms with Crippen molar-refractivity contribution < 1.29 is 0 Å². The Morgan fingerprint density at radius 2 is 1.94 bits per heavy atom. The van der Waals surface area contributed by atoms with Crippen LogP contribution in [-0.4, -0.2) is 15.0 Å². The smallest absolute Gasteiger partial charge is 0.180 e. The Bertz CT molecular complexity index is 540. The van der Waals surface area contributed by atoms with Gasteiger partial charge in [-0.05, 0) is 13.0 Å². The second kappa shape index (κ2) is 4.07. The SMILES string of the molecule is Cc1nc(N)sc1-c1ccnc(C(C)(C)C)n1. The zero-order valence-electron chi connectivity index (χ0n) is 10.5. The van der Waals surface area contributed by atoms with E-state index in [1.165, 1.54) is 11.3 Å². The number of anilines is 1. The molecule has 4 nitrogen and oxygen atoms in total. The van der Waals surface area contributed by atoms with E-state index in [1.807, 2.05) is 13.0 Å². The average molecular weight is 248 g/mol. The molecule has 5 heteroatoms. The van der Waals surface area contributed by atoms with Crippen molar-refractivity contribution in [2.45, 2.75) is 33.1 Å². The lowest BCUT2D eigenvalue weighted by molar-refractivity contribution is 0.546. The van der Waals surface area contributed by atoms with Crippen LogP contribution in [0, 0.1) is 6.92 Å². The van der Waals surface area contributed by atoms with Crippen LogP contribution in [0.3, 0.4) is 0 Å². The largest absolute Gasteiger partial charge is 0.375 e. The summed E-state index contributed by atoms with van der Waals surface area (Å²) in [6, 6.07) is 1.90. The van der Waals surface area contributed by atoms with Gasteiger partial charge in [-0.25, -0.2) is 15.0 Å². The second-order valence-corrected chi connectivity index (χ2v) is 6.01. The highest BCUT2D eigenvalue weighted by Gasteiger charge is 2.18. The molecule has 2 heterocycles. The summed E-state index contributed by atoms with van der Waals surface area (Å²) in [5.74, 6) is 0.835. The number of nitrogens with zero attached hydrogens (tertiary/aromatic N) is 3. The summed E-state index contributed by atoms with van der Waals surface area (Å²) >= 11 is 1.46. The Hall–Kier alpha value is -1.49. The fraction of sp³-hybridized carbons (Fsp3) is 0.417. The number of thiazole rings is 1. The molecule has 0 aliphatic rings. The quantitative estimate of drug-likeness (QED) is 0.842. The summed E-state index contributed by atoms with van der Waals surface area (Å²) in [5, 5.41) is 0.577. The van der Waals surface area contributed by atoms with Crippen molar-refractivity contribution in [3.63, 3.8) is 0 Å². The van der Waals surface area contributed by atoms with Crippen molar-refractivity contribution in [1.29, 1.82) is 0 Å². The van der Waals surface area contributed by atoms with E-state index in [0.717, 1.165) is 22.1 Å². The molecular formula is C12H16N4S. The summed E-state index contributed by atoms with van der Waals surface area (Å²) in [5.41, 5.74) is 7.47. The highest BCUT2D eigenvalue weighted by molar-refractivity contribution is 7.18. The predicted molar refractivity (Wildman–Crippen MR) is 71.0 cm³/mol. The van der Waals surface area contributed by atoms with Gasteiger partial charge in [-0.1, -0.05) is 32.1 Å². The third-order valence-electron chi connectivity index (χ3n) is 2.37. The van der Waals surface area contributed by atoms with Crippen molar-refractivity contribution in [1.82, 2.24) is 15.0 Å². The number of nitrogen functional groups attached to an aromatic ring is 1. The molecule has 0 saturated carbocycles. The molecule has 2 rings (SSSR count). The van der Waals surface area contributed by atoms with Crippen molar-refractivity contribution >= 4 is 16.5 Å². The Labute approximate surface area is 105 Å². The number of aromatic nitrogens is 3. The summed E-state index contributed by atoms with van der Waals surface area (Å²) < 4.78 is 0. The van der Waals surface area contributed by atoms with Gasteiger partial charge in [-0.15, -0.1) is 0 Å². The van der Waals surface area contributed by atoms with E-state index in [-0.39, 0.29) is 5.41 Å². The van der Waals surface area contributed by atoms with E-state index in [2.05, 4.69) is 35.7 Å². The van der Waals surface area contributed by atoms with Crippen LogP contribution >= 0.6 is 11.3 Å². The maximum atomic E-state index is 5.70. The van der Waals surface area contributed by atoms with E-state index in [0.29, 0.717) is 5.13 Å². The fourth-order valence-corrected chi connectivity index (χ4v) is 2.30. The van der Waals surface area contributed by atoms with E-state index < -0.39 is 0 Å². The van der Waals surface area contributed by atoms with E-state index >= 15 is 0 Å². The van der Waals surface area contributed by atoms with Crippen LogP contribution in [0.4, 0.5) is 5.13 Å². The molecule has 2 aromatic heterocycles. The number of nitrogens with two attached hydrogens (primary N) is 1. The molecule has 0 atom stereocenters. The predicted octanol–water partition coefficient (Wildman–Crippen LogP) is 2.79. The lowest BCUT2D eigenvalue weighted by Crippen LogP contribution is -2.15. The van der Waals surface area contributed by atoms with Crippen LogP contribution in [-0.2, 0) is 5.41 Å². The first-order valence-electron chi connectivity index (χ1n) is 5.45. The molecule has 2 aromatic rings. The first-order chi connectivity index (χ1) is 7.88. The maximum Gasteiger partial charge on any atom is 0.180 e. The number of hydrogen-bond donors (Lipinski definition) is 1. The molecule has 0 unspecified atom stereocenters. The van der Waals surface area contributed by atoms with Gasteiger partial charge in [0.1, 0.15) is 5.82 Å². The summed E-state index contributed by atoms with van der Waals surface area (Å²) in [6.07, 6.45) is 1.79. The Kier molecular flexibility index (Phi) is 2.87. The molecule has 90 valence electrons. The van der Waals surface area contributed by atoms with Crippen LogP contribution in [0.5, 0.6) is 0 Å². The minimum atomic E-state index is -0.0554. The number of rotatable bonds is 1. The normalized spacial score (nSPS) is 11.8. The fourth-order valence-electron chi connectivity index (χ4n) is 1.50. The third-order valence-corrected chi connectivity index (χ3v) is 3.38. The van der Waals surface area contributed by atoms with Crippen molar-refractivity contribution in [3.8, 4) is 10.6 Å². The molecule has 0 radical (unpaired) electrons. The molecule has 0 saturated heterocycles. The van der Waals surface area contributed by atoms with Crippen LogP contribution in [0.2, 0.25) is 0 Å². The van der Waals surface area contributed by atoms with Gasteiger partial charge >= 0.3 is 0 Å². The Balaban J connectivity index is 2.50. The first-order valence-corrected chi connectivity index (χ1v) is 6.26. The van der Waals surface area contributed by atoms with Gasteiger partial charge in [0.2, 0.25) is 0 Å². The molecule has 0 bridgehead atoms. The van der Waals surface area contributed by atoms with Crippen molar-refractivity contribution in [2.75, 3.05) is 5.73 Å². The highest BCUT2D eigenvalue weighted by Crippen LogP contribution is 2.30.